The van der Waals surface area contributed by atoms with Gasteiger partial charge in [-0.15, -0.1) is 0 Å². The summed E-state index contributed by atoms with van der Waals surface area (Å²) in [4.78, 5) is 0.201. The largest absolute Gasteiger partial charge is 0.497 e. The summed E-state index contributed by atoms with van der Waals surface area (Å²) < 4.78 is 34.4. The quantitative estimate of drug-likeness (QED) is 0.919. The monoisotopic (exact) mass is 321 g/mol. The molecule has 1 saturated carbocycles. The maximum Gasteiger partial charge on any atom is 0.263 e. The molecule has 0 spiro atoms. The van der Waals surface area contributed by atoms with Crippen molar-refractivity contribution in [2.24, 2.45) is 0 Å². The van der Waals surface area contributed by atoms with E-state index in [0.717, 1.165) is 25.7 Å². The van der Waals surface area contributed by atoms with Gasteiger partial charge < -0.3 is 4.74 Å². The predicted molar refractivity (Wildman–Crippen MR) is 83.5 cm³/mol. The molecule has 6 nitrogen and oxygen atoms in total. The third-order valence-electron chi connectivity index (χ3n) is 3.95. The average molecular weight is 321 g/mol. The van der Waals surface area contributed by atoms with Gasteiger partial charge in [-0.1, -0.05) is 12.8 Å². The van der Waals surface area contributed by atoms with Gasteiger partial charge in [0.05, 0.1) is 24.2 Å². The van der Waals surface area contributed by atoms with Crippen molar-refractivity contribution in [1.82, 2.24) is 9.78 Å². The topological polar surface area (TPSA) is 73.2 Å². The Morgan fingerprint density at radius 2 is 1.86 bits per heavy atom. The zero-order chi connectivity index (χ0) is 15.6. The minimum absolute atomic E-state index is 0.201. The fourth-order valence-electron chi connectivity index (χ4n) is 2.79. The summed E-state index contributed by atoms with van der Waals surface area (Å²) in [6, 6.07) is 8.28. The molecular formula is C15H19N3O3S. The molecule has 1 fully saturated rings. The molecular weight excluding hydrogens is 302 g/mol. The van der Waals surface area contributed by atoms with Gasteiger partial charge in [0, 0.05) is 6.07 Å². The van der Waals surface area contributed by atoms with Gasteiger partial charge in [0.15, 0.2) is 0 Å². The van der Waals surface area contributed by atoms with Crippen molar-refractivity contribution < 1.29 is 13.2 Å². The Labute approximate surface area is 130 Å². The summed E-state index contributed by atoms with van der Waals surface area (Å²) >= 11 is 0. The second kappa shape index (κ2) is 6.00. The first-order valence-corrected chi connectivity index (χ1v) is 8.79. The summed E-state index contributed by atoms with van der Waals surface area (Å²) in [6.45, 7) is 0. The van der Waals surface area contributed by atoms with Crippen LogP contribution in [0.4, 0.5) is 5.82 Å². The zero-order valence-corrected chi connectivity index (χ0v) is 13.2. The Kier molecular flexibility index (Phi) is 4.06. The number of anilines is 1. The number of aromatic nitrogens is 2. The second-order valence-corrected chi connectivity index (χ2v) is 7.06. The number of hydrogen-bond acceptors (Lipinski definition) is 4. The lowest BCUT2D eigenvalue weighted by atomic mass is 10.2. The van der Waals surface area contributed by atoms with E-state index in [9.17, 15) is 8.42 Å². The molecule has 1 N–H and O–H groups in total. The van der Waals surface area contributed by atoms with Gasteiger partial charge in [-0.05, 0) is 37.1 Å². The molecule has 22 heavy (non-hydrogen) atoms. The summed E-state index contributed by atoms with van der Waals surface area (Å²) in [7, 11) is -2.08. The minimum Gasteiger partial charge on any atom is -0.497 e. The highest BCUT2D eigenvalue weighted by Crippen LogP contribution is 2.31. The lowest BCUT2D eigenvalue weighted by molar-refractivity contribution is 0.414. The van der Waals surface area contributed by atoms with Gasteiger partial charge in [-0.3, -0.25) is 4.72 Å². The molecule has 2 aromatic rings. The summed E-state index contributed by atoms with van der Waals surface area (Å²) in [5, 5.41) is 4.27. The van der Waals surface area contributed by atoms with Crippen LogP contribution in [0.5, 0.6) is 5.75 Å². The lowest BCUT2D eigenvalue weighted by Gasteiger charge is -2.15. The number of nitrogens with zero attached hydrogens (tertiary/aromatic N) is 2. The van der Waals surface area contributed by atoms with Gasteiger partial charge in [-0.2, -0.15) is 5.10 Å². The fraction of sp³-hybridized carbons (Fsp3) is 0.400. The Hall–Kier alpha value is -2.02. The molecule has 0 amide bonds. The van der Waals surface area contributed by atoms with Crippen LogP contribution >= 0.6 is 0 Å². The van der Waals surface area contributed by atoms with Crippen LogP contribution in [0.2, 0.25) is 0 Å². The van der Waals surface area contributed by atoms with Crippen LogP contribution < -0.4 is 9.46 Å². The maximum absolute atomic E-state index is 12.5. The average Bonchev–Trinajstić information content (AvgIpc) is 3.17. The van der Waals surface area contributed by atoms with Gasteiger partial charge in [-0.25, -0.2) is 13.1 Å². The van der Waals surface area contributed by atoms with Crippen molar-refractivity contribution in [3.05, 3.63) is 36.5 Å². The first-order chi connectivity index (χ1) is 10.6. The van der Waals surface area contributed by atoms with Crippen molar-refractivity contribution >= 4 is 15.8 Å². The van der Waals surface area contributed by atoms with Crippen LogP contribution in [0.3, 0.4) is 0 Å². The first kappa shape index (κ1) is 14.9. The van der Waals surface area contributed by atoms with Crippen LogP contribution in [0.1, 0.15) is 31.7 Å². The standard InChI is InChI=1S/C15H19N3O3S/c1-21-13-6-8-14(9-7-13)22(19,20)17-15-10-11-16-18(15)12-4-2-3-5-12/h6-12,17H,2-5H2,1H3. The summed E-state index contributed by atoms with van der Waals surface area (Å²) in [5.41, 5.74) is 0. The van der Waals surface area contributed by atoms with Crippen LogP contribution in [0, 0.1) is 0 Å². The van der Waals surface area contributed by atoms with Gasteiger partial charge in [0.25, 0.3) is 10.0 Å². The van der Waals surface area contributed by atoms with Crippen LogP contribution in [-0.4, -0.2) is 25.3 Å². The molecule has 1 aromatic carbocycles. The van der Waals surface area contributed by atoms with E-state index in [1.807, 2.05) is 0 Å². The predicted octanol–water partition coefficient (Wildman–Crippen LogP) is 2.81. The van der Waals surface area contributed by atoms with E-state index in [2.05, 4.69) is 9.82 Å². The molecule has 0 atom stereocenters. The molecule has 1 aliphatic rings. The summed E-state index contributed by atoms with van der Waals surface area (Å²) in [6.07, 6.45) is 6.03. The molecule has 0 radical (unpaired) electrons. The van der Waals surface area contributed by atoms with Gasteiger partial charge in [0.2, 0.25) is 0 Å². The number of hydrogen-bond donors (Lipinski definition) is 1. The van der Waals surface area contributed by atoms with Crippen LogP contribution in [-0.2, 0) is 10.0 Å². The SMILES string of the molecule is COc1ccc(S(=O)(=O)Nc2ccnn2C2CCCC2)cc1. The Balaban J connectivity index is 1.83. The van der Waals surface area contributed by atoms with Crippen molar-refractivity contribution in [3.8, 4) is 5.75 Å². The van der Waals surface area contributed by atoms with E-state index < -0.39 is 10.0 Å². The van der Waals surface area contributed by atoms with Crippen molar-refractivity contribution in [3.63, 3.8) is 0 Å². The van der Waals surface area contributed by atoms with E-state index in [0.29, 0.717) is 11.6 Å². The molecule has 0 aliphatic heterocycles. The molecule has 1 aromatic heterocycles. The Morgan fingerprint density at radius 1 is 1.18 bits per heavy atom. The fourth-order valence-corrected chi connectivity index (χ4v) is 3.84. The molecule has 0 bridgehead atoms. The van der Waals surface area contributed by atoms with E-state index in [4.69, 9.17) is 4.74 Å². The van der Waals surface area contributed by atoms with Crippen LogP contribution in [0.25, 0.3) is 0 Å². The molecule has 7 heteroatoms. The Bertz CT molecular complexity index is 732. The highest BCUT2D eigenvalue weighted by molar-refractivity contribution is 7.92. The van der Waals surface area contributed by atoms with Crippen LogP contribution in [0.15, 0.2) is 41.4 Å². The summed E-state index contributed by atoms with van der Waals surface area (Å²) in [5.74, 6) is 1.14. The molecule has 1 heterocycles. The number of nitrogens with one attached hydrogen (secondary N) is 1. The third-order valence-corrected chi connectivity index (χ3v) is 5.32. The smallest absolute Gasteiger partial charge is 0.263 e. The van der Waals surface area contributed by atoms with Crippen molar-refractivity contribution in [2.75, 3.05) is 11.8 Å². The maximum atomic E-state index is 12.5. The molecule has 0 saturated heterocycles. The Morgan fingerprint density at radius 3 is 2.50 bits per heavy atom. The molecule has 0 unspecified atom stereocenters. The second-order valence-electron chi connectivity index (χ2n) is 5.38. The highest BCUT2D eigenvalue weighted by Gasteiger charge is 2.22. The van der Waals surface area contributed by atoms with Gasteiger partial charge >= 0.3 is 0 Å². The first-order valence-electron chi connectivity index (χ1n) is 7.30. The number of methoxy groups -OCH3 is 1. The highest BCUT2D eigenvalue weighted by atomic mass is 32.2. The van der Waals surface area contributed by atoms with E-state index in [1.165, 1.54) is 12.1 Å². The molecule has 3 rings (SSSR count). The number of rotatable bonds is 5. The van der Waals surface area contributed by atoms with Crippen molar-refractivity contribution in [1.29, 1.82) is 0 Å². The number of ether oxygens (including phenoxy) is 1. The lowest BCUT2D eigenvalue weighted by Crippen LogP contribution is -2.18. The minimum atomic E-state index is -3.63. The van der Waals surface area contributed by atoms with E-state index in [-0.39, 0.29) is 10.9 Å². The number of benzene rings is 1. The molecule has 118 valence electrons. The zero-order valence-electron chi connectivity index (χ0n) is 12.4. The van der Waals surface area contributed by atoms with E-state index >= 15 is 0 Å². The number of sulfonamides is 1. The van der Waals surface area contributed by atoms with Crippen molar-refractivity contribution in [2.45, 2.75) is 36.6 Å². The molecule has 1 aliphatic carbocycles. The van der Waals surface area contributed by atoms with E-state index in [1.54, 1.807) is 36.2 Å². The third kappa shape index (κ3) is 2.94. The normalized spacial score (nSPS) is 15.9. The van der Waals surface area contributed by atoms with Gasteiger partial charge in [0.1, 0.15) is 11.6 Å².